The molecule has 1 saturated carbocycles. The quantitative estimate of drug-likeness (QED) is 0.750. The SMILES string of the molecule is C=CC(=O)NC1CCC(c2ncn[nH]2)CC1. The molecule has 0 bridgehead atoms. The van der Waals surface area contributed by atoms with Crippen LogP contribution in [-0.2, 0) is 4.79 Å². The summed E-state index contributed by atoms with van der Waals surface area (Å²) in [6.45, 7) is 3.45. The van der Waals surface area contributed by atoms with Crippen molar-refractivity contribution < 1.29 is 4.79 Å². The van der Waals surface area contributed by atoms with Gasteiger partial charge < -0.3 is 5.32 Å². The van der Waals surface area contributed by atoms with E-state index in [0.717, 1.165) is 31.5 Å². The standard InChI is InChI=1S/C11H16N4O/c1-2-10(16)14-9-5-3-8(4-6-9)11-12-7-13-15-11/h2,7-9H,1,3-6H2,(H,14,16)(H,12,13,15). The summed E-state index contributed by atoms with van der Waals surface area (Å²) in [4.78, 5) is 15.3. The summed E-state index contributed by atoms with van der Waals surface area (Å²) in [5, 5.41) is 9.70. The van der Waals surface area contributed by atoms with Gasteiger partial charge in [0.1, 0.15) is 12.2 Å². The van der Waals surface area contributed by atoms with Gasteiger partial charge in [0.15, 0.2) is 0 Å². The number of nitrogens with one attached hydrogen (secondary N) is 2. The minimum atomic E-state index is -0.0804. The van der Waals surface area contributed by atoms with E-state index in [4.69, 9.17) is 0 Å². The van der Waals surface area contributed by atoms with Gasteiger partial charge in [0, 0.05) is 12.0 Å². The van der Waals surface area contributed by atoms with Crippen LogP contribution in [0.3, 0.4) is 0 Å². The molecular formula is C11H16N4O. The molecule has 5 heteroatoms. The smallest absolute Gasteiger partial charge is 0.243 e. The van der Waals surface area contributed by atoms with Crippen LogP contribution >= 0.6 is 0 Å². The van der Waals surface area contributed by atoms with Gasteiger partial charge in [-0.3, -0.25) is 9.89 Å². The maximum atomic E-state index is 11.1. The third-order valence-electron chi connectivity index (χ3n) is 3.08. The first-order valence-electron chi connectivity index (χ1n) is 5.58. The second kappa shape index (κ2) is 4.92. The molecule has 2 rings (SSSR count). The third kappa shape index (κ3) is 2.48. The van der Waals surface area contributed by atoms with Crippen LogP contribution < -0.4 is 5.32 Å². The lowest BCUT2D eigenvalue weighted by molar-refractivity contribution is -0.117. The van der Waals surface area contributed by atoms with Crippen molar-refractivity contribution in [1.29, 1.82) is 0 Å². The van der Waals surface area contributed by atoms with Gasteiger partial charge in [-0.25, -0.2) is 4.98 Å². The van der Waals surface area contributed by atoms with Crippen molar-refractivity contribution in [2.24, 2.45) is 0 Å². The summed E-state index contributed by atoms with van der Waals surface area (Å²) in [6, 6.07) is 0.282. The topological polar surface area (TPSA) is 70.7 Å². The van der Waals surface area contributed by atoms with E-state index >= 15 is 0 Å². The molecule has 0 radical (unpaired) electrons. The molecule has 5 nitrogen and oxygen atoms in total. The molecular weight excluding hydrogens is 204 g/mol. The number of carbonyl (C=O) groups excluding carboxylic acids is 1. The third-order valence-corrected chi connectivity index (χ3v) is 3.08. The molecule has 86 valence electrons. The van der Waals surface area contributed by atoms with Crippen LogP contribution in [0.15, 0.2) is 19.0 Å². The number of nitrogens with zero attached hydrogens (tertiary/aromatic N) is 2. The molecule has 1 fully saturated rings. The van der Waals surface area contributed by atoms with Crippen molar-refractivity contribution in [3.63, 3.8) is 0 Å². The molecule has 2 N–H and O–H groups in total. The molecule has 0 atom stereocenters. The highest BCUT2D eigenvalue weighted by Crippen LogP contribution is 2.30. The zero-order chi connectivity index (χ0) is 11.4. The van der Waals surface area contributed by atoms with Crippen molar-refractivity contribution in [2.45, 2.75) is 37.6 Å². The first-order chi connectivity index (χ1) is 7.79. The van der Waals surface area contributed by atoms with Gasteiger partial charge in [0.25, 0.3) is 0 Å². The molecule has 1 aromatic rings. The average Bonchev–Trinajstić information content (AvgIpc) is 2.83. The summed E-state index contributed by atoms with van der Waals surface area (Å²) in [5.41, 5.74) is 0. The highest BCUT2D eigenvalue weighted by molar-refractivity contribution is 5.87. The van der Waals surface area contributed by atoms with Gasteiger partial charge in [-0.15, -0.1) is 0 Å². The van der Waals surface area contributed by atoms with Crippen LogP contribution in [0.4, 0.5) is 0 Å². The van der Waals surface area contributed by atoms with Gasteiger partial charge >= 0.3 is 0 Å². The van der Waals surface area contributed by atoms with Crippen LogP contribution in [-0.4, -0.2) is 27.1 Å². The van der Waals surface area contributed by atoms with E-state index in [0.29, 0.717) is 5.92 Å². The second-order valence-electron chi connectivity index (χ2n) is 4.13. The Labute approximate surface area is 94.3 Å². The van der Waals surface area contributed by atoms with E-state index in [1.807, 2.05) is 0 Å². The Hall–Kier alpha value is -1.65. The molecule has 0 aromatic carbocycles. The molecule has 1 heterocycles. The molecule has 1 aliphatic carbocycles. The minimum Gasteiger partial charge on any atom is -0.350 e. The van der Waals surface area contributed by atoms with Crippen LogP contribution in [0.5, 0.6) is 0 Å². The number of hydrogen-bond donors (Lipinski definition) is 2. The Kier molecular flexibility index (Phi) is 3.34. The molecule has 1 aromatic heterocycles. The minimum absolute atomic E-state index is 0.0804. The molecule has 0 saturated heterocycles. The number of aromatic amines is 1. The normalized spacial score (nSPS) is 25.0. The van der Waals surface area contributed by atoms with Crippen molar-refractivity contribution in [3.8, 4) is 0 Å². The Bertz CT molecular complexity index is 352. The Morgan fingerprint density at radius 1 is 1.50 bits per heavy atom. The fourth-order valence-corrected chi connectivity index (χ4v) is 2.18. The molecule has 16 heavy (non-hydrogen) atoms. The van der Waals surface area contributed by atoms with Gasteiger partial charge in [0.2, 0.25) is 5.91 Å². The average molecular weight is 220 g/mol. The summed E-state index contributed by atoms with van der Waals surface area (Å²) >= 11 is 0. The number of carbonyl (C=O) groups is 1. The van der Waals surface area contributed by atoms with Crippen LogP contribution in [0.1, 0.15) is 37.4 Å². The number of rotatable bonds is 3. The van der Waals surface area contributed by atoms with Gasteiger partial charge in [-0.2, -0.15) is 5.10 Å². The summed E-state index contributed by atoms with van der Waals surface area (Å²) in [5.74, 6) is 1.34. The van der Waals surface area contributed by atoms with Gasteiger partial charge in [-0.05, 0) is 31.8 Å². The predicted molar refractivity (Wildman–Crippen MR) is 59.7 cm³/mol. The Morgan fingerprint density at radius 3 is 2.81 bits per heavy atom. The first kappa shape index (κ1) is 10.9. The van der Waals surface area contributed by atoms with Crippen LogP contribution in [0.25, 0.3) is 0 Å². The van der Waals surface area contributed by atoms with E-state index in [2.05, 4.69) is 27.1 Å². The number of H-pyrrole nitrogens is 1. The summed E-state index contributed by atoms with van der Waals surface area (Å²) in [6.07, 6.45) is 6.92. The fourth-order valence-electron chi connectivity index (χ4n) is 2.18. The lowest BCUT2D eigenvalue weighted by Crippen LogP contribution is -2.36. The van der Waals surface area contributed by atoms with E-state index in [1.165, 1.54) is 6.08 Å². The Morgan fingerprint density at radius 2 is 2.25 bits per heavy atom. The highest BCUT2D eigenvalue weighted by atomic mass is 16.1. The van der Waals surface area contributed by atoms with E-state index in [1.54, 1.807) is 6.33 Å². The summed E-state index contributed by atoms with van der Waals surface area (Å²) < 4.78 is 0. The maximum absolute atomic E-state index is 11.1. The van der Waals surface area contributed by atoms with Gasteiger partial charge in [0.05, 0.1) is 0 Å². The molecule has 1 amide bonds. The van der Waals surface area contributed by atoms with Crippen molar-refractivity contribution in [2.75, 3.05) is 0 Å². The van der Waals surface area contributed by atoms with E-state index < -0.39 is 0 Å². The molecule has 0 aliphatic heterocycles. The highest BCUT2D eigenvalue weighted by Gasteiger charge is 2.24. The predicted octanol–water partition coefficient (Wildman–Crippen LogP) is 1.13. The maximum Gasteiger partial charge on any atom is 0.243 e. The molecule has 0 unspecified atom stereocenters. The van der Waals surface area contributed by atoms with Gasteiger partial charge in [-0.1, -0.05) is 6.58 Å². The zero-order valence-corrected chi connectivity index (χ0v) is 9.15. The van der Waals surface area contributed by atoms with Crippen LogP contribution in [0, 0.1) is 0 Å². The zero-order valence-electron chi connectivity index (χ0n) is 9.15. The fraction of sp³-hybridized carbons (Fsp3) is 0.545. The van der Waals surface area contributed by atoms with Crippen molar-refractivity contribution >= 4 is 5.91 Å². The number of aromatic nitrogens is 3. The van der Waals surface area contributed by atoms with Crippen molar-refractivity contribution in [1.82, 2.24) is 20.5 Å². The number of hydrogen-bond acceptors (Lipinski definition) is 3. The Balaban J connectivity index is 1.83. The van der Waals surface area contributed by atoms with E-state index in [-0.39, 0.29) is 11.9 Å². The summed E-state index contributed by atoms with van der Waals surface area (Å²) in [7, 11) is 0. The molecule has 1 aliphatic rings. The number of amides is 1. The monoisotopic (exact) mass is 220 g/mol. The van der Waals surface area contributed by atoms with Crippen LogP contribution in [0.2, 0.25) is 0 Å². The van der Waals surface area contributed by atoms with E-state index in [9.17, 15) is 4.79 Å². The molecule has 0 spiro atoms. The van der Waals surface area contributed by atoms with Crippen molar-refractivity contribution in [3.05, 3.63) is 24.8 Å². The lowest BCUT2D eigenvalue weighted by Gasteiger charge is -2.27. The largest absolute Gasteiger partial charge is 0.350 e. The lowest BCUT2D eigenvalue weighted by atomic mass is 9.85. The first-order valence-corrected chi connectivity index (χ1v) is 5.58. The second-order valence-corrected chi connectivity index (χ2v) is 4.13.